The molecule has 13 heavy (non-hydrogen) atoms. The van der Waals surface area contributed by atoms with Crippen LogP contribution in [0.25, 0.3) is 0 Å². The fourth-order valence-corrected chi connectivity index (χ4v) is 0.437. The quantitative estimate of drug-likeness (QED) is 0.587. The Kier molecular flexibility index (Phi) is 3.28. The molecule has 0 bridgehead atoms. The summed E-state index contributed by atoms with van der Waals surface area (Å²) in [6.45, 7) is 0. The maximum absolute atomic E-state index is 11.9. The summed E-state index contributed by atoms with van der Waals surface area (Å²) >= 11 is 0. The first-order valence-electron chi connectivity index (χ1n) is 2.69. The summed E-state index contributed by atoms with van der Waals surface area (Å²) in [5, 5.41) is 0. The first kappa shape index (κ1) is 12.2. The number of alkyl halides is 7. The molecule has 0 aliphatic heterocycles. The van der Waals surface area contributed by atoms with Gasteiger partial charge in [0.1, 0.15) is 5.57 Å². The van der Waals surface area contributed by atoms with Crippen molar-refractivity contribution in [2.45, 2.75) is 18.5 Å². The van der Waals surface area contributed by atoms with Crippen LogP contribution in [0.2, 0.25) is 0 Å². The van der Waals surface area contributed by atoms with E-state index in [0.29, 0.717) is 0 Å². The highest BCUT2D eigenvalue weighted by atomic mass is 19.4. The van der Waals surface area contributed by atoms with Crippen LogP contribution in [0, 0.1) is 0 Å². The van der Waals surface area contributed by atoms with Crippen molar-refractivity contribution in [2.24, 2.45) is 0 Å². The van der Waals surface area contributed by atoms with Gasteiger partial charge in [-0.2, -0.15) is 26.3 Å². The zero-order valence-corrected chi connectivity index (χ0v) is 5.68. The molecule has 0 aromatic carbocycles. The van der Waals surface area contributed by atoms with Gasteiger partial charge in [-0.05, 0) is 0 Å². The lowest BCUT2D eigenvalue weighted by Crippen LogP contribution is -2.33. The minimum absolute atomic E-state index is 1.43. The Balaban J connectivity index is 4.84. The van der Waals surface area contributed by atoms with Crippen LogP contribution in [-0.2, 0) is 0 Å². The van der Waals surface area contributed by atoms with Crippen LogP contribution in [0.4, 0.5) is 35.1 Å². The highest BCUT2D eigenvalue weighted by Crippen LogP contribution is 2.37. The monoisotopic (exact) mass is 214 g/mol. The van der Waals surface area contributed by atoms with Crippen molar-refractivity contribution in [1.82, 2.24) is 0 Å². The minimum atomic E-state index is -5.76. The summed E-state index contributed by atoms with van der Waals surface area (Å²) < 4.78 is 91.6. The molecular weight excluding hydrogens is 212 g/mol. The second kappa shape index (κ2) is 3.51. The van der Waals surface area contributed by atoms with E-state index in [-0.39, 0.29) is 0 Å². The third-order valence-electron chi connectivity index (χ3n) is 1.01. The molecule has 0 nitrogen and oxygen atoms in total. The van der Waals surface area contributed by atoms with Crippen LogP contribution in [0.1, 0.15) is 0 Å². The Labute approximate surface area is 66.8 Å². The van der Waals surface area contributed by atoms with Crippen LogP contribution in [0.15, 0.2) is 11.9 Å². The van der Waals surface area contributed by atoms with Gasteiger partial charge in [0.2, 0.25) is 6.17 Å². The van der Waals surface area contributed by atoms with E-state index in [1.807, 2.05) is 0 Å². The summed E-state index contributed by atoms with van der Waals surface area (Å²) in [5.41, 5.74) is -2.89. The summed E-state index contributed by atoms with van der Waals surface area (Å²) in [5.74, 6) is 0. The first-order valence-corrected chi connectivity index (χ1v) is 2.69. The number of hydrogen-bond acceptors (Lipinski definition) is 0. The van der Waals surface area contributed by atoms with Crippen molar-refractivity contribution in [2.75, 3.05) is 0 Å². The minimum Gasteiger partial charge on any atom is -0.232 e. The van der Waals surface area contributed by atoms with Gasteiger partial charge in [0.05, 0.1) is 6.33 Å². The Hall–Kier alpha value is -0.820. The van der Waals surface area contributed by atoms with Crippen LogP contribution in [0.5, 0.6) is 0 Å². The Bertz CT molecular complexity index is 196. The van der Waals surface area contributed by atoms with Crippen molar-refractivity contribution in [3.05, 3.63) is 11.9 Å². The van der Waals surface area contributed by atoms with Gasteiger partial charge in [-0.1, -0.05) is 0 Å². The highest BCUT2D eigenvalue weighted by molar-refractivity contribution is 5.13. The van der Waals surface area contributed by atoms with E-state index in [0.717, 1.165) is 0 Å². The third kappa shape index (κ3) is 3.19. The fraction of sp³-hybridized carbons (Fsp3) is 0.600. The van der Waals surface area contributed by atoms with Gasteiger partial charge < -0.3 is 0 Å². The van der Waals surface area contributed by atoms with Gasteiger partial charge in [-0.3, -0.25) is 0 Å². The maximum Gasteiger partial charge on any atom is 0.424 e. The molecule has 0 saturated carbocycles. The molecule has 0 radical (unpaired) electrons. The zero-order valence-electron chi connectivity index (χ0n) is 5.68. The molecular formula is C5H2F8. The van der Waals surface area contributed by atoms with Gasteiger partial charge >= 0.3 is 12.4 Å². The summed E-state index contributed by atoms with van der Waals surface area (Å²) in [6, 6.07) is 0. The number of allylic oxidation sites excluding steroid dienone is 1. The van der Waals surface area contributed by atoms with Crippen LogP contribution >= 0.6 is 0 Å². The van der Waals surface area contributed by atoms with Crippen molar-refractivity contribution >= 4 is 0 Å². The van der Waals surface area contributed by atoms with E-state index in [1.165, 1.54) is 0 Å². The molecule has 1 unspecified atom stereocenters. The summed E-state index contributed by atoms with van der Waals surface area (Å²) in [4.78, 5) is 0. The smallest absolute Gasteiger partial charge is 0.232 e. The van der Waals surface area contributed by atoms with Gasteiger partial charge in [0.15, 0.2) is 0 Å². The number of rotatable bonds is 1. The van der Waals surface area contributed by atoms with Gasteiger partial charge in [-0.25, -0.2) is 8.78 Å². The van der Waals surface area contributed by atoms with Crippen molar-refractivity contribution in [1.29, 1.82) is 0 Å². The van der Waals surface area contributed by atoms with E-state index in [4.69, 9.17) is 0 Å². The van der Waals surface area contributed by atoms with E-state index in [1.54, 1.807) is 0 Å². The number of hydrogen-bond donors (Lipinski definition) is 0. The van der Waals surface area contributed by atoms with E-state index in [9.17, 15) is 35.1 Å². The van der Waals surface area contributed by atoms with Crippen LogP contribution in [0.3, 0.4) is 0 Å². The average molecular weight is 214 g/mol. The van der Waals surface area contributed by atoms with Gasteiger partial charge in [0.25, 0.3) is 0 Å². The molecule has 1 atom stereocenters. The average Bonchev–Trinajstić information content (AvgIpc) is 1.83. The third-order valence-corrected chi connectivity index (χ3v) is 1.01. The molecule has 0 aromatic rings. The van der Waals surface area contributed by atoms with Crippen molar-refractivity contribution < 1.29 is 35.1 Å². The molecule has 0 fully saturated rings. The highest BCUT2D eigenvalue weighted by Gasteiger charge is 2.52. The molecule has 0 heterocycles. The fourth-order valence-electron chi connectivity index (χ4n) is 0.437. The Morgan fingerprint density at radius 2 is 1.38 bits per heavy atom. The molecule has 0 aliphatic carbocycles. The molecule has 0 spiro atoms. The van der Waals surface area contributed by atoms with Crippen LogP contribution in [-0.4, -0.2) is 18.5 Å². The predicted molar refractivity (Wildman–Crippen MR) is 26.2 cm³/mol. The second-order valence-electron chi connectivity index (χ2n) is 1.97. The predicted octanol–water partition coefficient (Wildman–Crippen LogP) is 3.30. The Morgan fingerprint density at radius 3 is 1.46 bits per heavy atom. The zero-order chi connectivity index (χ0) is 10.9. The van der Waals surface area contributed by atoms with Gasteiger partial charge in [-0.15, -0.1) is 0 Å². The lowest BCUT2D eigenvalue weighted by atomic mass is 10.2. The van der Waals surface area contributed by atoms with E-state index >= 15 is 0 Å². The maximum atomic E-state index is 11.9. The lowest BCUT2D eigenvalue weighted by molar-refractivity contribution is -0.191. The molecule has 78 valence electrons. The molecule has 8 heteroatoms. The second-order valence-corrected chi connectivity index (χ2v) is 1.97. The van der Waals surface area contributed by atoms with Crippen molar-refractivity contribution in [3.8, 4) is 0 Å². The topological polar surface area (TPSA) is 0 Å². The molecule has 0 N–H and O–H groups in total. The molecule has 0 saturated heterocycles. The van der Waals surface area contributed by atoms with E-state index < -0.39 is 30.4 Å². The molecule has 0 aliphatic rings. The summed E-state index contributed by atoms with van der Waals surface area (Å²) in [6.07, 6.45) is -17.2. The molecule has 0 rings (SSSR count). The first-order chi connectivity index (χ1) is 5.60. The lowest BCUT2D eigenvalue weighted by Gasteiger charge is -2.16. The molecule has 0 amide bonds. The van der Waals surface area contributed by atoms with E-state index in [2.05, 4.69) is 0 Å². The number of halogens is 8. The van der Waals surface area contributed by atoms with Crippen LogP contribution < -0.4 is 0 Å². The standard InChI is InChI=1S/C5H2F8/c6-1-2(4(8,9)10)3(7)5(11,12)13/h1,3H. The van der Waals surface area contributed by atoms with Gasteiger partial charge in [0, 0.05) is 0 Å². The SMILES string of the molecule is FC=C(C(F)C(F)(F)F)C(F)(F)F. The largest absolute Gasteiger partial charge is 0.424 e. The molecule has 0 aromatic heterocycles. The summed E-state index contributed by atoms with van der Waals surface area (Å²) in [7, 11) is 0. The Morgan fingerprint density at radius 1 is 1.00 bits per heavy atom. The van der Waals surface area contributed by atoms with Crippen molar-refractivity contribution in [3.63, 3.8) is 0 Å². The normalized spacial score (nSPS) is 17.4.